The summed E-state index contributed by atoms with van der Waals surface area (Å²) >= 11 is 0. The molecule has 2 N–H and O–H groups in total. The van der Waals surface area contributed by atoms with Gasteiger partial charge in [0.2, 0.25) is 0 Å². The van der Waals surface area contributed by atoms with E-state index in [0.717, 1.165) is 13.1 Å². The maximum Gasteiger partial charge on any atom is 0.295 e. The third kappa shape index (κ3) is 5.26. The molecule has 0 aromatic heterocycles. The van der Waals surface area contributed by atoms with Crippen LogP contribution in [0.15, 0.2) is 66.8 Å². The van der Waals surface area contributed by atoms with Crippen molar-refractivity contribution < 1.29 is 24.5 Å². The predicted molar refractivity (Wildman–Crippen MR) is 127 cm³/mol. The Bertz CT molecular complexity index is 1020. The van der Waals surface area contributed by atoms with Crippen LogP contribution in [0.25, 0.3) is 5.76 Å². The monoisotopic (exact) mass is 450 g/mol. The minimum absolute atomic E-state index is 0.0324. The molecule has 0 unspecified atom stereocenters. The SMILES string of the molecule is C=CCOc1ccc(/C(O)=C2\C(=O)C(=O)N(CCN(CC)CC)[C@@H]2c2ccc(O)cc2)cc1. The van der Waals surface area contributed by atoms with Crippen LogP contribution in [-0.2, 0) is 9.59 Å². The molecule has 1 amide bonds. The fraction of sp³-hybridized carbons (Fsp3) is 0.308. The second-order valence-corrected chi connectivity index (χ2v) is 7.73. The van der Waals surface area contributed by atoms with Crippen LogP contribution in [0, 0.1) is 0 Å². The van der Waals surface area contributed by atoms with Gasteiger partial charge in [0.05, 0.1) is 11.6 Å². The van der Waals surface area contributed by atoms with Gasteiger partial charge in [-0.25, -0.2) is 0 Å². The standard InChI is InChI=1S/C26H30N2O5/c1-4-17-33-21-13-9-19(10-14-21)24(30)22-23(18-7-11-20(29)12-8-18)28(26(32)25(22)31)16-15-27(5-2)6-3/h4,7-14,23,29-30H,1,5-6,15-17H2,2-3H3/b24-22+/t23-/m1/s1. The van der Waals surface area contributed by atoms with E-state index in [-0.39, 0.29) is 17.1 Å². The summed E-state index contributed by atoms with van der Waals surface area (Å²) in [5, 5.41) is 20.8. The molecule has 2 aromatic carbocycles. The molecule has 0 radical (unpaired) electrons. The van der Waals surface area contributed by atoms with Crippen molar-refractivity contribution in [1.82, 2.24) is 9.80 Å². The van der Waals surface area contributed by atoms with E-state index in [9.17, 15) is 19.8 Å². The molecule has 33 heavy (non-hydrogen) atoms. The van der Waals surface area contributed by atoms with Gasteiger partial charge < -0.3 is 24.7 Å². The van der Waals surface area contributed by atoms with Gasteiger partial charge in [-0.05, 0) is 55.1 Å². The van der Waals surface area contributed by atoms with Crippen molar-refractivity contribution >= 4 is 17.4 Å². The van der Waals surface area contributed by atoms with E-state index in [2.05, 4.69) is 11.5 Å². The van der Waals surface area contributed by atoms with E-state index in [1.807, 2.05) is 13.8 Å². The Kier molecular flexibility index (Phi) is 7.90. The normalized spacial score (nSPS) is 17.5. The molecule has 1 heterocycles. The third-order valence-corrected chi connectivity index (χ3v) is 5.80. The lowest BCUT2D eigenvalue weighted by atomic mass is 9.95. The number of ketones is 1. The molecule has 1 saturated heterocycles. The highest BCUT2D eigenvalue weighted by Gasteiger charge is 2.45. The maximum absolute atomic E-state index is 13.1. The van der Waals surface area contributed by atoms with Gasteiger partial charge in [-0.15, -0.1) is 0 Å². The minimum atomic E-state index is -0.752. The van der Waals surface area contributed by atoms with Crippen LogP contribution in [0.4, 0.5) is 0 Å². The highest BCUT2D eigenvalue weighted by atomic mass is 16.5. The first kappa shape index (κ1) is 24.1. The molecule has 0 bridgehead atoms. The van der Waals surface area contributed by atoms with Crippen molar-refractivity contribution in [2.24, 2.45) is 0 Å². The predicted octanol–water partition coefficient (Wildman–Crippen LogP) is 3.72. The molecule has 3 rings (SSSR count). The number of likely N-dealkylation sites (N-methyl/N-ethyl adjacent to an activating group) is 1. The van der Waals surface area contributed by atoms with E-state index in [0.29, 0.717) is 36.6 Å². The van der Waals surface area contributed by atoms with Gasteiger partial charge in [-0.3, -0.25) is 9.59 Å². The number of hydrogen-bond acceptors (Lipinski definition) is 6. The summed E-state index contributed by atoms with van der Waals surface area (Å²) in [5.41, 5.74) is 1.08. The van der Waals surface area contributed by atoms with Gasteiger partial charge in [0.1, 0.15) is 23.9 Å². The Hall–Kier alpha value is -3.58. The number of rotatable bonds is 10. The summed E-state index contributed by atoms with van der Waals surface area (Å²) in [6, 6.07) is 12.2. The van der Waals surface area contributed by atoms with Crippen LogP contribution < -0.4 is 4.74 Å². The first-order valence-corrected chi connectivity index (χ1v) is 11.0. The molecule has 7 heteroatoms. The number of benzene rings is 2. The number of nitrogens with zero attached hydrogens (tertiary/aromatic N) is 2. The van der Waals surface area contributed by atoms with Crippen molar-refractivity contribution in [3.8, 4) is 11.5 Å². The van der Waals surface area contributed by atoms with Crippen molar-refractivity contribution in [1.29, 1.82) is 0 Å². The van der Waals surface area contributed by atoms with E-state index in [4.69, 9.17) is 4.74 Å². The highest BCUT2D eigenvalue weighted by Crippen LogP contribution is 2.39. The lowest BCUT2D eigenvalue weighted by Crippen LogP contribution is -2.38. The van der Waals surface area contributed by atoms with E-state index >= 15 is 0 Å². The number of aliphatic hydroxyl groups excluding tert-OH is 1. The number of amides is 1. The number of phenolic OH excluding ortho intramolecular Hbond substituents is 1. The second-order valence-electron chi connectivity index (χ2n) is 7.73. The molecule has 1 atom stereocenters. The molecule has 1 aliphatic rings. The molecular formula is C26H30N2O5. The Balaban J connectivity index is 2.03. The van der Waals surface area contributed by atoms with Crippen molar-refractivity contribution in [3.05, 3.63) is 77.9 Å². The number of ether oxygens (including phenoxy) is 1. The minimum Gasteiger partial charge on any atom is -0.508 e. The zero-order chi connectivity index (χ0) is 24.0. The smallest absolute Gasteiger partial charge is 0.295 e. The van der Waals surface area contributed by atoms with Crippen LogP contribution in [-0.4, -0.2) is 64.5 Å². The second kappa shape index (κ2) is 10.8. The van der Waals surface area contributed by atoms with Gasteiger partial charge in [-0.1, -0.05) is 38.6 Å². The summed E-state index contributed by atoms with van der Waals surface area (Å²) < 4.78 is 5.47. The fourth-order valence-corrected chi connectivity index (χ4v) is 3.92. The summed E-state index contributed by atoms with van der Waals surface area (Å²) in [6.45, 7) is 10.6. The molecular weight excluding hydrogens is 420 g/mol. The fourth-order valence-electron chi connectivity index (χ4n) is 3.92. The van der Waals surface area contributed by atoms with Gasteiger partial charge in [0.15, 0.2) is 0 Å². The lowest BCUT2D eigenvalue weighted by molar-refractivity contribution is -0.140. The number of aromatic hydroxyl groups is 1. The number of carbonyl (C=O) groups excluding carboxylic acids is 2. The van der Waals surface area contributed by atoms with Crippen LogP contribution >= 0.6 is 0 Å². The number of hydrogen-bond donors (Lipinski definition) is 2. The zero-order valence-electron chi connectivity index (χ0n) is 19.0. The first-order valence-electron chi connectivity index (χ1n) is 11.0. The van der Waals surface area contributed by atoms with Gasteiger partial charge in [0, 0.05) is 18.7 Å². The number of aliphatic hydroxyl groups is 1. The summed E-state index contributed by atoms with van der Waals surface area (Å²) in [6.07, 6.45) is 1.63. The van der Waals surface area contributed by atoms with Crippen LogP contribution in [0.1, 0.15) is 31.0 Å². The molecule has 0 aliphatic carbocycles. The lowest BCUT2D eigenvalue weighted by Gasteiger charge is -2.28. The average molecular weight is 451 g/mol. The highest BCUT2D eigenvalue weighted by molar-refractivity contribution is 6.46. The van der Waals surface area contributed by atoms with E-state index in [1.165, 1.54) is 17.0 Å². The van der Waals surface area contributed by atoms with Gasteiger partial charge >= 0.3 is 0 Å². The number of Topliss-reactive ketones (excluding diaryl/α,β-unsaturated/α-hetero) is 1. The summed E-state index contributed by atoms with van der Waals surface area (Å²) in [4.78, 5) is 29.7. The zero-order valence-corrected chi connectivity index (χ0v) is 19.0. The number of likely N-dealkylation sites (tertiary alicyclic amines) is 1. The van der Waals surface area contributed by atoms with Crippen molar-refractivity contribution in [3.63, 3.8) is 0 Å². The number of phenols is 1. The average Bonchev–Trinajstić information content (AvgIpc) is 3.08. The summed E-state index contributed by atoms with van der Waals surface area (Å²) in [5.74, 6) is -0.938. The Morgan fingerprint density at radius 1 is 1.09 bits per heavy atom. The van der Waals surface area contributed by atoms with Crippen molar-refractivity contribution in [2.75, 3.05) is 32.8 Å². The quantitative estimate of drug-likeness (QED) is 0.248. The molecule has 1 aliphatic heterocycles. The molecule has 0 saturated carbocycles. The Morgan fingerprint density at radius 3 is 2.30 bits per heavy atom. The van der Waals surface area contributed by atoms with Gasteiger partial charge in [0.25, 0.3) is 11.7 Å². The molecule has 2 aromatic rings. The molecule has 1 fully saturated rings. The molecule has 7 nitrogen and oxygen atoms in total. The maximum atomic E-state index is 13.1. The largest absolute Gasteiger partial charge is 0.508 e. The molecule has 0 spiro atoms. The van der Waals surface area contributed by atoms with Crippen LogP contribution in [0.2, 0.25) is 0 Å². The van der Waals surface area contributed by atoms with Crippen LogP contribution in [0.3, 0.4) is 0 Å². The molecule has 174 valence electrons. The Morgan fingerprint density at radius 2 is 1.73 bits per heavy atom. The summed E-state index contributed by atoms with van der Waals surface area (Å²) in [7, 11) is 0. The Labute approximate surface area is 194 Å². The van der Waals surface area contributed by atoms with E-state index < -0.39 is 17.7 Å². The van der Waals surface area contributed by atoms with E-state index in [1.54, 1.807) is 42.5 Å². The van der Waals surface area contributed by atoms with Gasteiger partial charge in [-0.2, -0.15) is 0 Å². The first-order chi connectivity index (χ1) is 15.9. The third-order valence-electron chi connectivity index (χ3n) is 5.80. The van der Waals surface area contributed by atoms with Crippen LogP contribution in [0.5, 0.6) is 11.5 Å². The van der Waals surface area contributed by atoms with Crippen molar-refractivity contribution in [2.45, 2.75) is 19.9 Å². The number of carbonyl (C=O) groups is 2. The topological polar surface area (TPSA) is 90.3 Å².